The Morgan fingerprint density at radius 3 is 2.89 bits per heavy atom. The third-order valence-corrected chi connectivity index (χ3v) is 2.62. The molecule has 0 unspecified atom stereocenters. The van der Waals surface area contributed by atoms with Crippen LogP contribution in [-0.4, -0.2) is 25.1 Å². The summed E-state index contributed by atoms with van der Waals surface area (Å²) in [6, 6.07) is 5.26. The van der Waals surface area contributed by atoms with Crippen LogP contribution in [0.25, 0.3) is 0 Å². The Kier molecular flexibility index (Phi) is 6.58. The van der Waals surface area contributed by atoms with E-state index in [1.807, 2.05) is 13.1 Å². The molecule has 0 aliphatic rings. The minimum atomic E-state index is -0.368. The third-order valence-electron chi connectivity index (χ3n) is 2.62. The first kappa shape index (κ1) is 15.2. The van der Waals surface area contributed by atoms with E-state index in [1.165, 1.54) is 0 Å². The van der Waals surface area contributed by atoms with Crippen molar-refractivity contribution < 1.29 is 9.66 Å². The summed E-state index contributed by atoms with van der Waals surface area (Å²) < 4.78 is 5.28. The van der Waals surface area contributed by atoms with E-state index in [9.17, 15) is 10.1 Å². The molecule has 102 valence electrons. The quantitative estimate of drug-likeness (QED) is 0.353. The second kappa shape index (κ2) is 8.25. The lowest BCUT2D eigenvalue weighted by Gasteiger charge is -2.06. The molecule has 0 aliphatic carbocycles. The number of rotatable bonds is 7. The SMILES string of the molecule is CC#CCOCc1ccc(CCNC)cc1[N+](=O)[O-]. The van der Waals surface area contributed by atoms with Gasteiger partial charge >= 0.3 is 0 Å². The van der Waals surface area contributed by atoms with Gasteiger partial charge in [-0.2, -0.15) is 0 Å². The van der Waals surface area contributed by atoms with Crippen molar-refractivity contribution in [1.82, 2.24) is 5.32 Å². The van der Waals surface area contributed by atoms with Gasteiger partial charge in [-0.15, -0.1) is 5.92 Å². The molecular formula is C14H18N2O3. The van der Waals surface area contributed by atoms with E-state index < -0.39 is 0 Å². The molecule has 0 heterocycles. The van der Waals surface area contributed by atoms with Gasteiger partial charge < -0.3 is 10.1 Å². The van der Waals surface area contributed by atoms with Crippen LogP contribution in [0, 0.1) is 22.0 Å². The summed E-state index contributed by atoms with van der Waals surface area (Å²) in [4.78, 5) is 10.7. The smallest absolute Gasteiger partial charge is 0.275 e. The normalized spacial score (nSPS) is 9.79. The molecule has 1 aromatic rings. The summed E-state index contributed by atoms with van der Waals surface area (Å²) in [5, 5.41) is 14.1. The van der Waals surface area contributed by atoms with E-state index in [2.05, 4.69) is 17.2 Å². The predicted molar refractivity (Wildman–Crippen MR) is 73.8 cm³/mol. The van der Waals surface area contributed by atoms with Gasteiger partial charge in [0.05, 0.1) is 17.1 Å². The number of benzene rings is 1. The second-order valence-electron chi connectivity index (χ2n) is 3.99. The largest absolute Gasteiger partial charge is 0.364 e. The summed E-state index contributed by atoms with van der Waals surface area (Å²) in [5.74, 6) is 5.46. The summed E-state index contributed by atoms with van der Waals surface area (Å²) in [5.41, 5.74) is 1.63. The van der Waals surface area contributed by atoms with Gasteiger partial charge in [-0.1, -0.05) is 12.0 Å². The molecule has 0 saturated heterocycles. The first-order chi connectivity index (χ1) is 9.19. The van der Waals surface area contributed by atoms with Crippen molar-refractivity contribution in [2.75, 3.05) is 20.2 Å². The molecule has 0 atom stereocenters. The maximum atomic E-state index is 11.0. The molecule has 5 heteroatoms. The van der Waals surface area contributed by atoms with Gasteiger partial charge in [0, 0.05) is 6.07 Å². The van der Waals surface area contributed by atoms with Crippen LogP contribution in [0.5, 0.6) is 0 Å². The highest BCUT2D eigenvalue weighted by molar-refractivity contribution is 5.43. The molecule has 1 aromatic carbocycles. The third kappa shape index (κ3) is 5.08. The fourth-order valence-corrected chi connectivity index (χ4v) is 1.61. The van der Waals surface area contributed by atoms with Crippen molar-refractivity contribution in [2.24, 2.45) is 0 Å². The lowest BCUT2D eigenvalue weighted by atomic mass is 10.1. The minimum Gasteiger partial charge on any atom is -0.364 e. The van der Waals surface area contributed by atoms with Gasteiger partial charge in [0.25, 0.3) is 5.69 Å². The summed E-state index contributed by atoms with van der Waals surface area (Å²) in [6.45, 7) is 3.01. The number of hydrogen-bond donors (Lipinski definition) is 1. The highest BCUT2D eigenvalue weighted by Gasteiger charge is 2.14. The van der Waals surface area contributed by atoms with E-state index in [-0.39, 0.29) is 23.8 Å². The zero-order valence-corrected chi connectivity index (χ0v) is 11.2. The number of ether oxygens (including phenoxy) is 1. The highest BCUT2D eigenvalue weighted by Crippen LogP contribution is 2.21. The van der Waals surface area contributed by atoms with Gasteiger partial charge in [0.2, 0.25) is 0 Å². The van der Waals surface area contributed by atoms with Crippen LogP contribution in [0.1, 0.15) is 18.1 Å². The Morgan fingerprint density at radius 2 is 2.26 bits per heavy atom. The van der Waals surface area contributed by atoms with E-state index in [0.29, 0.717) is 5.56 Å². The molecule has 0 amide bonds. The van der Waals surface area contributed by atoms with Crippen molar-refractivity contribution in [3.8, 4) is 11.8 Å². The van der Waals surface area contributed by atoms with E-state index in [0.717, 1.165) is 18.5 Å². The van der Waals surface area contributed by atoms with E-state index >= 15 is 0 Å². The molecule has 0 aliphatic heterocycles. The van der Waals surface area contributed by atoms with Crippen molar-refractivity contribution in [2.45, 2.75) is 20.0 Å². The van der Waals surface area contributed by atoms with Gasteiger partial charge in [-0.3, -0.25) is 10.1 Å². The Balaban J connectivity index is 2.78. The van der Waals surface area contributed by atoms with Crippen molar-refractivity contribution in [1.29, 1.82) is 0 Å². The number of nitrogens with zero attached hydrogens (tertiary/aromatic N) is 1. The van der Waals surface area contributed by atoms with Gasteiger partial charge in [-0.05, 0) is 38.6 Å². The van der Waals surface area contributed by atoms with Crippen molar-refractivity contribution in [3.05, 3.63) is 39.4 Å². The van der Waals surface area contributed by atoms with Crippen LogP contribution < -0.4 is 5.32 Å². The summed E-state index contributed by atoms with van der Waals surface area (Å²) in [7, 11) is 1.85. The Morgan fingerprint density at radius 1 is 1.47 bits per heavy atom. The Bertz CT molecular complexity index is 489. The first-order valence-electron chi connectivity index (χ1n) is 6.07. The number of hydrogen-bond acceptors (Lipinski definition) is 4. The fraction of sp³-hybridized carbons (Fsp3) is 0.429. The van der Waals surface area contributed by atoms with Gasteiger partial charge in [-0.25, -0.2) is 0 Å². The van der Waals surface area contributed by atoms with Crippen LogP contribution in [0.3, 0.4) is 0 Å². The average Bonchev–Trinajstić information content (AvgIpc) is 2.41. The molecule has 5 nitrogen and oxygen atoms in total. The van der Waals surface area contributed by atoms with E-state index in [4.69, 9.17) is 4.74 Å². The van der Waals surface area contributed by atoms with Crippen LogP contribution >= 0.6 is 0 Å². The predicted octanol–water partition coefficient (Wildman–Crippen LogP) is 1.90. The number of likely N-dealkylation sites (N-methyl/N-ethyl adjacent to an activating group) is 1. The summed E-state index contributed by atoms with van der Waals surface area (Å²) in [6.07, 6.45) is 0.764. The number of nitro benzene ring substituents is 1. The standard InChI is InChI=1S/C14H18N2O3/c1-3-4-9-19-11-13-6-5-12(7-8-15-2)10-14(13)16(17)18/h5-6,10,15H,7-9,11H2,1-2H3. The van der Waals surface area contributed by atoms with Crippen LogP contribution in [-0.2, 0) is 17.8 Å². The monoisotopic (exact) mass is 262 g/mol. The van der Waals surface area contributed by atoms with Crippen LogP contribution in [0.15, 0.2) is 18.2 Å². The number of nitrogens with one attached hydrogen (secondary N) is 1. The number of nitro groups is 1. The zero-order valence-electron chi connectivity index (χ0n) is 11.2. The van der Waals surface area contributed by atoms with Gasteiger partial charge in [0.1, 0.15) is 6.61 Å². The maximum Gasteiger partial charge on any atom is 0.275 e. The highest BCUT2D eigenvalue weighted by atomic mass is 16.6. The topological polar surface area (TPSA) is 64.4 Å². The molecule has 1 rings (SSSR count). The molecule has 0 aromatic heterocycles. The summed E-state index contributed by atoms with van der Waals surface area (Å²) >= 11 is 0. The second-order valence-corrected chi connectivity index (χ2v) is 3.99. The maximum absolute atomic E-state index is 11.0. The molecule has 0 fully saturated rings. The molecule has 0 bridgehead atoms. The van der Waals surface area contributed by atoms with Crippen molar-refractivity contribution in [3.63, 3.8) is 0 Å². The molecule has 0 radical (unpaired) electrons. The average molecular weight is 262 g/mol. The molecule has 19 heavy (non-hydrogen) atoms. The zero-order chi connectivity index (χ0) is 14.1. The molecular weight excluding hydrogens is 244 g/mol. The molecule has 1 N–H and O–H groups in total. The van der Waals surface area contributed by atoms with E-state index in [1.54, 1.807) is 19.1 Å². The first-order valence-corrected chi connectivity index (χ1v) is 6.07. The lowest BCUT2D eigenvalue weighted by molar-refractivity contribution is -0.386. The lowest BCUT2D eigenvalue weighted by Crippen LogP contribution is -2.10. The molecule has 0 spiro atoms. The molecule has 0 saturated carbocycles. The van der Waals surface area contributed by atoms with Crippen molar-refractivity contribution >= 4 is 5.69 Å². The minimum absolute atomic E-state index is 0.109. The fourth-order valence-electron chi connectivity index (χ4n) is 1.61. The Hall–Kier alpha value is -1.90. The van der Waals surface area contributed by atoms with Crippen LogP contribution in [0.2, 0.25) is 0 Å². The Labute approximate surface area is 113 Å². The van der Waals surface area contributed by atoms with Crippen LogP contribution in [0.4, 0.5) is 5.69 Å². The van der Waals surface area contributed by atoms with Gasteiger partial charge in [0.15, 0.2) is 0 Å².